The van der Waals surface area contributed by atoms with Crippen LogP contribution < -0.4 is 5.32 Å². The molecule has 0 heterocycles. The van der Waals surface area contributed by atoms with E-state index >= 15 is 0 Å². The predicted molar refractivity (Wildman–Crippen MR) is 113 cm³/mol. The van der Waals surface area contributed by atoms with Crippen molar-refractivity contribution in [1.82, 2.24) is 9.62 Å². The van der Waals surface area contributed by atoms with E-state index in [0.29, 0.717) is 11.5 Å². The molecule has 27 heavy (non-hydrogen) atoms. The summed E-state index contributed by atoms with van der Waals surface area (Å²) >= 11 is 4.97. The van der Waals surface area contributed by atoms with Crippen molar-refractivity contribution >= 4 is 39.8 Å². The molecule has 1 aliphatic rings. The van der Waals surface area contributed by atoms with Gasteiger partial charge in [0.1, 0.15) is 0 Å². The van der Waals surface area contributed by atoms with Gasteiger partial charge in [0.05, 0.1) is 6.04 Å². The van der Waals surface area contributed by atoms with E-state index in [2.05, 4.69) is 40.3 Å². The van der Waals surface area contributed by atoms with Gasteiger partial charge in [0.25, 0.3) is 5.91 Å². The third-order valence-corrected chi connectivity index (χ3v) is 6.21. The molecule has 2 aromatic rings. The fourth-order valence-electron chi connectivity index (χ4n) is 2.94. The Morgan fingerprint density at radius 3 is 2.41 bits per heavy atom. The monoisotopic (exact) mass is 446 g/mol. The molecular weight excluding hydrogens is 424 g/mol. The van der Waals surface area contributed by atoms with Crippen LogP contribution in [0.15, 0.2) is 59.1 Å². The molecule has 0 aromatic heterocycles. The molecule has 3 rings (SSSR count). The SMILES string of the molecule is CCCSN(C(=O)NC(=O)c1ccccc1)C(c1ccc(Br)cc1)C1CC1. The molecule has 0 saturated heterocycles. The Morgan fingerprint density at radius 1 is 1.15 bits per heavy atom. The van der Waals surface area contributed by atoms with Crippen LogP contribution in [0.25, 0.3) is 0 Å². The Labute approximate surface area is 173 Å². The number of carbonyl (C=O) groups excluding carboxylic acids is 2. The molecule has 1 N–H and O–H groups in total. The van der Waals surface area contributed by atoms with Crippen molar-refractivity contribution < 1.29 is 9.59 Å². The second-order valence-corrected chi connectivity index (χ2v) is 8.59. The van der Waals surface area contributed by atoms with Crippen LogP contribution in [0.4, 0.5) is 4.79 Å². The first kappa shape index (κ1) is 20.0. The highest BCUT2D eigenvalue weighted by Crippen LogP contribution is 2.47. The summed E-state index contributed by atoms with van der Waals surface area (Å²) in [5, 5.41) is 2.57. The Hall–Kier alpha value is -1.79. The molecule has 0 aliphatic heterocycles. The van der Waals surface area contributed by atoms with Crippen molar-refractivity contribution in [3.63, 3.8) is 0 Å². The maximum atomic E-state index is 13.0. The van der Waals surface area contributed by atoms with Crippen LogP contribution in [0.2, 0.25) is 0 Å². The lowest BCUT2D eigenvalue weighted by Gasteiger charge is -2.31. The molecule has 2 aromatic carbocycles. The van der Waals surface area contributed by atoms with Gasteiger partial charge in [-0.3, -0.25) is 14.4 Å². The topological polar surface area (TPSA) is 49.4 Å². The molecule has 1 aliphatic carbocycles. The second kappa shape index (κ2) is 9.42. The minimum atomic E-state index is -0.368. The van der Waals surface area contributed by atoms with Crippen molar-refractivity contribution in [2.24, 2.45) is 5.92 Å². The first-order valence-corrected chi connectivity index (χ1v) is 10.9. The number of nitrogens with zero attached hydrogens (tertiary/aromatic N) is 1. The quantitative estimate of drug-likeness (QED) is 0.545. The van der Waals surface area contributed by atoms with Crippen LogP contribution in [0.5, 0.6) is 0 Å². The van der Waals surface area contributed by atoms with Crippen LogP contribution in [0, 0.1) is 5.92 Å². The molecule has 142 valence electrons. The lowest BCUT2D eigenvalue weighted by Crippen LogP contribution is -2.42. The summed E-state index contributed by atoms with van der Waals surface area (Å²) in [6.45, 7) is 2.09. The Balaban J connectivity index is 1.81. The van der Waals surface area contributed by atoms with E-state index < -0.39 is 0 Å². The van der Waals surface area contributed by atoms with Gasteiger partial charge in [-0.05, 0) is 67.0 Å². The number of amides is 3. The Morgan fingerprint density at radius 2 is 1.81 bits per heavy atom. The molecule has 3 amide bonds. The first-order chi connectivity index (χ1) is 13.1. The minimum Gasteiger partial charge on any atom is -0.273 e. The Kier molecular flexibility index (Phi) is 6.96. The van der Waals surface area contributed by atoms with E-state index in [4.69, 9.17) is 0 Å². The van der Waals surface area contributed by atoms with E-state index in [9.17, 15) is 9.59 Å². The van der Waals surface area contributed by atoms with E-state index in [1.165, 1.54) is 11.9 Å². The fourth-order valence-corrected chi connectivity index (χ4v) is 4.20. The summed E-state index contributed by atoms with van der Waals surface area (Å²) in [5.74, 6) is 0.897. The maximum Gasteiger partial charge on any atom is 0.334 e. The predicted octanol–water partition coefficient (Wildman–Crippen LogP) is 5.81. The molecule has 0 bridgehead atoms. The highest BCUT2D eigenvalue weighted by atomic mass is 79.9. The zero-order valence-electron chi connectivity index (χ0n) is 15.2. The normalized spacial score (nSPS) is 14.4. The number of hydrogen-bond acceptors (Lipinski definition) is 3. The average Bonchev–Trinajstić information content (AvgIpc) is 3.51. The summed E-state index contributed by atoms with van der Waals surface area (Å²) in [5.41, 5.74) is 1.59. The van der Waals surface area contributed by atoms with Crippen LogP contribution in [0.3, 0.4) is 0 Å². The molecule has 4 nitrogen and oxygen atoms in total. The van der Waals surface area contributed by atoms with Crippen molar-refractivity contribution in [2.45, 2.75) is 32.2 Å². The molecule has 1 atom stereocenters. The third kappa shape index (κ3) is 5.36. The number of rotatable bonds is 7. The van der Waals surface area contributed by atoms with E-state index in [0.717, 1.165) is 35.1 Å². The van der Waals surface area contributed by atoms with E-state index in [1.807, 2.05) is 18.2 Å². The van der Waals surface area contributed by atoms with Crippen molar-refractivity contribution in [2.75, 3.05) is 5.75 Å². The lowest BCUT2D eigenvalue weighted by atomic mass is 10.0. The third-order valence-electron chi connectivity index (χ3n) is 4.42. The van der Waals surface area contributed by atoms with Gasteiger partial charge in [-0.2, -0.15) is 0 Å². The standard InChI is InChI=1S/C21H23BrN2O2S/c1-2-14-27-24(21(26)23-20(25)17-6-4-3-5-7-17)19(15-8-9-15)16-10-12-18(22)13-11-16/h3-7,10-13,15,19H,2,8-9,14H2,1H3,(H,23,25,26). The number of hydrogen-bond donors (Lipinski definition) is 1. The number of benzene rings is 2. The largest absolute Gasteiger partial charge is 0.334 e. The first-order valence-electron chi connectivity index (χ1n) is 9.18. The van der Waals surface area contributed by atoms with Gasteiger partial charge in [0.15, 0.2) is 0 Å². The highest BCUT2D eigenvalue weighted by molar-refractivity contribution is 9.10. The summed E-state index contributed by atoms with van der Waals surface area (Å²) in [4.78, 5) is 25.5. The van der Waals surface area contributed by atoms with Crippen molar-refractivity contribution in [3.05, 3.63) is 70.2 Å². The summed E-state index contributed by atoms with van der Waals surface area (Å²) in [6.07, 6.45) is 3.16. The van der Waals surface area contributed by atoms with E-state index in [1.54, 1.807) is 28.6 Å². The van der Waals surface area contributed by atoms with Gasteiger partial charge >= 0.3 is 6.03 Å². The van der Waals surface area contributed by atoms with Gasteiger partial charge in [0.2, 0.25) is 0 Å². The number of carbonyl (C=O) groups is 2. The average molecular weight is 447 g/mol. The van der Waals surface area contributed by atoms with Gasteiger partial charge in [0, 0.05) is 15.8 Å². The molecule has 1 unspecified atom stereocenters. The van der Waals surface area contributed by atoms with E-state index in [-0.39, 0.29) is 18.0 Å². The maximum absolute atomic E-state index is 13.0. The summed E-state index contributed by atoms with van der Waals surface area (Å²) in [6, 6.07) is 16.6. The number of halogens is 1. The smallest absolute Gasteiger partial charge is 0.273 e. The lowest BCUT2D eigenvalue weighted by molar-refractivity contribution is 0.0956. The number of nitrogens with one attached hydrogen (secondary N) is 1. The van der Waals surface area contributed by atoms with Gasteiger partial charge in [-0.15, -0.1) is 0 Å². The number of urea groups is 1. The van der Waals surface area contributed by atoms with Gasteiger partial charge in [-0.25, -0.2) is 4.79 Å². The molecule has 6 heteroatoms. The highest BCUT2D eigenvalue weighted by Gasteiger charge is 2.39. The van der Waals surface area contributed by atoms with Crippen LogP contribution in [0.1, 0.15) is 48.1 Å². The molecule has 0 spiro atoms. The molecule has 1 saturated carbocycles. The van der Waals surface area contributed by atoms with Gasteiger partial charge < -0.3 is 0 Å². The van der Waals surface area contributed by atoms with Crippen LogP contribution in [-0.4, -0.2) is 22.0 Å². The van der Waals surface area contributed by atoms with Crippen LogP contribution >= 0.6 is 27.9 Å². The number of imide groups is 1. The molecule has 0 radical (unpaired) electrons. The fraction of sp³-hybridized carbons (Fsp3) is 0.333. The summed E-state index contributed by atoms with van der Waals surface area (Å²) in [7, 11) is 0. The van der Waals surface area contributed by atoms with Gasteiger partial charge in [-0.1, -0.05) is 53.2 Å². The molecular formula is C21H23BrN2O2S. The second-order valence-electron chi connectivity index (χ2n) is 6.62. The Bertz CT molecular complexity index is 779. The summed E-state index contributed by atoms with van der Waals surface area (Å²) < 4.78 is 2.78. The van der Waals surface area contributed by atoms with Crippen LogP contribution in [-0.2, 0) is 0 Å². The zero-order chi connectivity index (χ0) is 19.2. The minimum absolute atomic E-state index is 0.0294. The van der Waals surface area contributed by atoms with Crippen molar-refractivity contribution in [3.8, 4) is 0 Å². The molecule has 1 fully saturated rings. The zero-order valence-corrected chi connectivity index (χ0v) is 17.6. The van der Waals surface area contributed by atoms with Crippen molar-refractivity contribution in [1.29, 1.82) is 0 Å².